The fourth-order valence-corrected chi connectivity index (χ4v) is 2.28. The molecule has 2 nitrogen and oxygen atoms in total. The van der Waals surface area contributed by atoms with Crippen LogP contribution in [-0.2, 0) is 0 Å². The highest BCUT2D eigenvalue weighted by Crippen LogP contribution is 2.30. The van der Waals surface area contributed by atoms with Gasteiger partial charge in [-0.25, -0.2) is 0 Å². The highest BCUT2D eigenvalue weighted by Gasteiger charge is 2.03. The summed E-state index contributed by atoms with van der Waals surface area (Å²) in [5.41, 5.74) is 1.79. The lowest BCUT2D eigenvalue weighted by Crippen LogP contribution is -1.92. The van der Waals surface area contributed by atoms with E-state index in [1.54, 1.807) is 12.4 Å². The summed E-state index contributed by atoms with van der Waals surface area (Å²) in [6.45, 7) is 0. The van der Waals surface area contributed by atoms with Gasteiger partial charge in [-0.2, -0.15) is 0 Å². The summed E-state index contributed by atoms with van der Waals surface area (Å²) in [5.74, 6) is 0. The van der Waals surface area contributed by atoms with Crippen LogP contribution in [0.15, 0.2) is 45.6 Å². The number of pyridine rings is 1. The van der Waals surface area contributed by atoms with Crippen LogP contribution in [0.3, 0.4) is 0 Å². The van der Waals surface area contributed by atoms with E-state index in [0.29, 0.717) is 5.02 Å². The molecule has 2 aromatic rings. The van der Waals surface area contributed by atoms with Gasteiger partial charge < -0.3 is 5.32 Å². The highest BCUT2D eigenvalue weighted by atomic mass is 79.9. The van der Waals surface area contributed by atoms with Crippen LogP contribution in [0.4, 0.5) is 11.4 Å². The average molecular weight is 362 g/mol. The van der Waals surface area contributed by atoms with Crippen LogP contribution in [0, 0.1) is 0 Å². The van der Waals surface area contributed by atoms with Gasteiger partial charge in [0, 0.05) is 16.9 Å². The maximum atomic E-state index is 6.11. The van der Waals surface area contributed by atoms with Crippen molar-refractivity contribution in [2.24, 2.45) is 0 Å². The number of nitrogens with zero attached hydrogens (tertiary/aromatic N) is 1. The second kappa shape index (κ2) is 5.17. The molecular weight excluding hydrogens is 355 g/mol. The van der Waals surface area contributed by atoms with E-state index in [0.717, 1.165) is 20.3 Å². The van der Waals surface area contributed by atoms with E-state index >= 15 is 0 Å². The first-order valence-corrected chi connectivity index (χ1v) is 6.45. The Bertz CT molecular complexity index is 517. The number of aromatic nitrogens is 1. The van der Waals surface area contributed by atoms with Crippen LogP contribution in [-0.4, -0.2) is 4.98 Å². The van der Waals surface area contributed by atoms with Gasteiger partial charge in [-0.3, -0.25) is 4.98 Å². The summed E-state index contributed by atoms with van der Waals surface area (Å²) in [6, 6.07) is 7.57. The monoisotopic (exact) mass is 360 g/mol. The summed E-state index contributed by atoms with van der Waals surface area (Å²) in [6.07, 6.45) is 3.45. The molecule has 0 saturated heterocycles. The number of anilines is 2. The van der Waals surface area contributed by atoms with Crippen molar-refractivity contribution in [2.45, 2.75) is 0 Å². The summed E-state index contributed by atoms with van der Waals surface area (Å²) in [4.78, 5) is 4.00. The van der Waals surface area contributed by atoms with E-state index in [2.05, 4.69) is 42.2 Å². The average Bonchev–Trinajstić information content (AvgIpc) is 2.25. The minimum atomic E-state index is 0.665. The fourth-order valence-electron chi connectivity index (χ4n) is 1.21. The number of halogens is 3. The topological polar surface area (TPSA) is 24.9 Å². The predicted octanol–water partition coefficient (Wildman–Crippen LogP) is 5.00. The summed E-state index contributed by atoms with van der Waals surface area (Å²) in [5, 5.41) is 3.89. The largest absolute Gasteiger partial charge is 0.353 e. The zero-order valence-corrected chi connectivity index (χ0v) is 12.0. The second-order valence-electron chi connectivity index (χ2n) is 3.10. The third-order valence-electron chi connectivity index (χ3n) is 1.97. The molecule has 2 rings (SSSR count). The van der Waals surface area contributed by atoms with Gasteiger partial charge in [0.25, 0.3) is 0 Å². The van der Waals surface area contributed by atoms with Crippen LogP contribution in [0.5, 0.6) is 0 Å². The molecule has 0 fully saturated rings. The highest BCUT2D eigenvalue weighted by molar-refractivity contribution is 9.10. The molecule has 0 aliphatic carbocycles. The molecule has 0 aliphatic heterocycles. The Morgan fingerprint density at radius 1 is 1.12 bits per heavy atom. The van der Waals surface area contributed by atoms with Gasteiger partial charge in [0.1, 0.15) is 0 Å². The molecule has 0 bridgehead atoms. The Hall–Kier alpha value is -0.580. The van der Waals surface area contributed by atoms with Crippen molar-refractivity contribution in [3.8, 4) is 0 Å². The lowest BCUT2D eigenvalue weighted by molar-refractivity contribution is 1.30. The molecule has 0 aliphatic rings. The second-order valence-corrected chi connectivity index (χ2v) is 5.28. The van der Waals surface area contributed by atoms with E-state index < -0.39 is 0 Å². The zero-order valence-electron chi connectivity index (χ0n) is 8.05. The molecule has 1 aromatic carbocycles. The molecule has 0 saturated carbocycles. The first-order valence-electron chi connectivity index (χ1n) is 4.48. The Balaban J connectivity index is 2.31. The molecule has 1 heterocycles. The Labute approximate surface area is 115 Å². The first-order chi connectivity index (χ1) is 7.66. The maximum absolute atomic E-state index is 6.11. The molecule has 1 N–H and O–H groups in total. The summed E-state index contributed by atoms with van der Waals surface area (Å²) in [7, 11) is 0. The molecule has 0 radical (unpaired) electrons. The van der Waals surface area contributed by atoms with Crippen molar-refractivity contribution in [2.75, 3.05) is 5.32 Å². The summed E-state index contributed by atoms with van der Waals surface area (Å²) < 4.78 is 1.85. The van der Waals surface area contributed by atoms with Crippen molar-refractivity contribution in [1.29, 1.82) is 0 Å². The van der Waals surface area contributed by atoms with Crippen molar-refractivity contribution in [3.05, 3.63) is 50.6 Å². The van der Waals surface area contributed by atoms with Gasteiger partial charge >= 0.3 is 0 Å². The van der Waals surface area contributed by atoms with Gasteiger partial charge in [0.2, 0.25) is 0 Å². The SMILES string of the molecule is Clc1cc(Br)ccc1Nc1ccncc1Br. The van der Waals surface area contributed by atoms with Gasteiger partial charge in [0.15, 0.2) is 0 Å². The molecule has 82 valence electrons. The van der Waals surface area contributed by atoms with Gasteiger partial charge in [-0.05, 0) is 40.2 Å². The Kier molecular flexibility index (Phi) is 3.84. The molecule has 1 aromatic heterocycles. The van der Waals surface area contributed by atoms with Crippen molar-refractivity contribution in [1.82, 2.24) is 4.98 Å². The normalized spacial score (nSPS) is 10.2. The van der Waals surface area contributed by atoms with Crippen LogP contribution < -0.4 is 5.32 Å². The number of nitrogens with one attached hydrogen (secondary N) is 1. The molecule has 0 spiro atoms. The Morgan fingerprint density at radius 2 is 1.94 bits per heavy atom. The third-order valence-corrected chi connectivity index (χ3v) is 3.41. The quantitative estimate of drug-likeness (QED) is 0.813. The lowest BCUT2D eigenvalue weighted by Gasteiger charge is -2.09. The number of rotatable bonds is 2. The minimum Gasteiger partial charge on any atom is -0.353 e. The first kappa shape index (κ1) is 11.9. The molecule has 0 amide bonds. The molecule has 16 heavy (non-hydrogen) atoms. The Morgan fingerprint density at radius 3 is 2.62 bits per heavy atom. The van der Waals surface area contributed by atoms with Gasteiger partial charge in [-0.15, -0.1) is 0 Å². The molecule has 0 unspecified atom stereocenters. The molecular formula is C11H7Br2ClN2. The minimum absolute atomic E-state index is 0.665. The van der Waals surface area contributed by atoms with Crippen LogP contribution >= 0.6 is 43.5 Å². The molecule has 5 heteroatoms. The third kappa shape index (κ3) is 2.75. The maximum Gasteiger partial charge on any atom is 0.0652 e. The number of hydrogen-bond donors (Lipinski definition) is 1. The van der Waals surface area contributed by atoms with Gasteiger partial charge in [-0.1, -0.05) is 27.5 Å². The standard InChI is InChI=1S/C11H7Br2ClN2/c12-7-1-2-11(9(14)5-7)16-10-3-4-15-6-8(10)13/h1-6H,(H,15,16). The van der Waals surface area contributed by atoms with Crippen LogP contribution in [0.2, 0.25) is 5.02 Å². The van der Waals surface area contributed by atoms with E-state index in [-0.39, 0.29) is 0 Å². The zero-order chi connectivity index (χ0) is 11.5. The van der Waals surface area contributed by atoms with E-state index in [1.165, 1.54) is 0 Å². The predicted molar refractivity (Wildman–Crippen MR) is 74.4 cm³/mol. The van der Waals surface area contributed by atoms with Crippen molar-refractivity contribution < 1.29 is 0 Å². The van der Waals surface area contributed by atoms with Gasteiger partial charge in [0.05, 0.1) is 20.9 Å². The lowest BCUT2D eigenvalue weighted by atomic mass is 10.3. The van der Waals surface area contributed by atoms with E-state index in [1.807, 2.05) is 24.3 Å². The van der Waals surface area contributed by atoms with Crippen LogP contribution in [0.1, 0.15) is 0 Å². The van der Waals surface area contributed by atoms with Crippen molar-refractivity contribution in [3.63, 3.8) is 0 Å². The van der Waals surface area contributed by atoms with Crippen LogP contribution in [0.25, 0.3) is 0 Å². The fraction of sp³-hybridized carbons (Fsp3) is 0. The number of benzene rings is 1. The van der Waals surface area contributed by atoms with E-state index in [4.69, 9.17) is 11.6 Å². The number of hydrogen-bond acceptors (Lipinski definition) is 2. The molecule has 0 atom stereocenters. The van der Waals surface area contributed by atoms with Crippen molar-refractivity contribution >= 4 is 54.8 Å². The smallest absolute Gasteiger partial charge is 0.0652 e. The van der Waals surface area contributed by atoms with E-state index in [9.17, 15) is 0 Å². The summed E-state index contributed by atoms with van der Waals surface area (Å²) >= 11 is 12.9.